The largest absolute Gasteiger partial charge is 0.294 e. The first-order chi connectivity index (χ1) is 8.49. The lowest BCUT2D eigenvalue weighted by molar-refractivity contribution is -0.384. The van der Waals surface area contributed by atoms with Crippen LogP contribution in [-0.4, -0.2) is 33.7 Å². The van der Waals surface area contributed by atoms with Crippen molar-refractivity contribution in [2.45, 2.75) is 6.92 Å². The average molecular weight is 265 g/mol. The zero-order valence-electron chi connectivity index (χ0n) is 9.91. The van der Waals surface area contributed by atoms with Gasteiger partial charge in [-0.2, -0.15) is 0 Å². The number of carbonyl (C=O) groups is 1. The number of hydrogen-bond donors (Lipinski definition) is 0. The summed E-state index contributed by atoms with van der Waals surface area (Å²) < 4.78 is 0. The summed E-state index contributed by atoms with van der Waals surface area (Å²) in [5.41, 5.74) is 1.40. The summed E-state index contributed by atoms with van der Waals surface area (Å²) in [5, 5.41) is 11.2. The minimum atomic E-state index is -0.441. The van der Waals surface area contributed by atoms with Crippen molar-refractivity contribution in [1.29, 1.82) is 0 Å². The van der Waals surface area contributed by atoms with E-state index in [2.05, 4.69) is 4.99 Å². The number of rotatable bonds is 2. The highest BCUT2D eigenvalue weighted by Gasteiger charge is 2.24. The highest BCUT2D eigenvalue weighted by Crippen LogP contribution is 2.27. The van der Waals surface area contributed by atoms with E-state index >= 15 is 0 Å². The Kier molecular flexibility index (Phi) is 3.33. The van der Waals surface area contributed by atoms with E-state index in [0.29, 0.717) is 22.2 Å². The van der Waals surface area contributed by atoms with E-state index < -0.39 is 4.92 Å². The Balaban J connectivity index is 2.33. The molecule has 1 saturated heterocycles. The van der Waals surface area contributed by atoms with Crippen LogP contribution in [0.1, 0.15) is 5.56 Å². The SMILES string of the molecule is Cc1cc([N+](=O)[O-])ccc1N=C1SCC(=O)N1C. The van der Waals surface area contributed by atoms with Crippen molar-refractivity contribution < 1.29 is 9.72 Å². The molecule has 0 aliphatic carbocycles. The van der Waals surface area contributed by atoms with Crippen molar-refractivity contribution >= 4 is 34.2 Å². The molecule has 7 heteroatoms. The van der Waals surface area contributed by atoms with E-state index in [1.165, 1.54) is 28.8 Å². The smallest absolute Gasteiger partial charge is 0.269 e. The number of nitro groups is 1. The van der Waals surface area contributed by atoms with Gasteiger partial charge in [0.1, 0.15) is 0 Å². The van der Waals surface area contributed by atoms with Crippen LogP contribution in [-0.2, 0) is 4.79 Å². The van der Waals surface area contributed by atoms with Gasteiger partial charge in [-0.3, -0.25) is 19.8 Å². The number of non-ortho nitro benzene ring substituents is 1. The number of amidine groups is 1. The van der Waals surface area contributed by atoms with Crippen molar-refractivity contribution in [3.63, 3.8) is 0 Å². The standard InChI is InChI=1S/C11H11N3O3S/c1-7-5-8(14(16)17)3-4-9(7)12-11-13(2)10(15)6-18-11/h3-5H,6H2,1-2H3. The maximum absolute atomic E-state index is 11.3. The molecule has 0 bridgehead atoms. The van der Waals surface area contributed by atoms with Crippen molar-refractivity contribution in [2.75, 3.05) is 12.8 Å². The van der Waals surface area contributed by atoms with Crippen LogP contribution in [0.2, 0.25) is 0 Å². The Morgan fingerprint density at radius 1 is 1.50 bits per heavy atom. The summed E-state index contributed by atoms with van der Waals surface area (Å²) in [6.45, 7) is 1.76. The quantitative estimate of drug-likeness (QED) is 0.606. The van der Waals surface area contributed by atoms with E-state index in [4.69, 9.17) is 0 Å². The molecule has 1 aromatic rings. The highest BCUT2D eigenvalue weighted by atomic mass is 32.2. The first-order valence-corrected chi connectivity index (χ1v) is 6.20. The predicted octanol–water partition coefficient (Wildman–Crippen LogP) is 2.10. The molecule has 0 N–H and O–H groups in total. The van der Waals surface area contributed by atoms with Gasteiger partial charge >= 0.3 is 0 Å². The Bertz CT molecular complexity index is 556. The van der Waals surface area contributed by atoms with Crippen LogP contribution < -0.4 is 0 Å². The van der Waals surface area contributed by atoms with E-state index in [1.54, 1.807) is 20.0 Å². The summed E-state index contributed by atoms with van der Waals surface area (Å²) in [5.74, 6) is 0.403. The number of aryl methyl sites for hydroxylation is 1. The van der Waals surface area contributed by atoms with E-state index in [0.717, 1.165) is 0 Å². The van der Waals surface area contributed by atoms with Crippen LogP contribution in [0, 0.1) is 17.0 Å². The maximum atomic E-state index is 11.3. The van der Waals surface area contributed by atoms with Gasteiger partial charge in [-0.05, 0) is 18.6 Å². The molecule has 1 aromatic carbocycles. The number of thioether (sulfide) groups is 1. The number of nitro benzene ring substituents is 1. The van der Waals surface area contributed by atoms with Gasteiger partial charge in [0.15, 0.2) is 5.17 Å². The molecule has 18 heavy (non-hydrogen) atoms. The van der Waals surface area contributed by atoms with Crippen molar-refractivity contribution in [2.24, 2.45) is 4.99 Å². The topological polar surface area (TPSA) is 75.8 Å². The highest BCUT2D eigenvalue weighted by molar-refractivity contribution is 8.15. The monoisotopic (exact) mass is 265 g/mol. The Hall–Kier alpha value is -1.89. The number of hydrogen-bond acceptors (Lipinski definition) is 5. The summed E-state index contributed by atoms with van der Waals surface area (Å²) >= 11 is 1.37. The molecule has 0 aromatic heterocycles. The summed E-state index contributed by atoms with van der Waals surface area (Å²) in [6.07, 6.45) is 0. The fourth-order valence-electron chi connectivity index (χ4n) is 1.52. The summed E-state index contributed by atoms with van der Waals surface area (Å²) in [4.78, 5) is 27.4. The number of nitrogens with zero attached hydrogens (tertiary/aromatic N) is 3. The van der Waals surface area contributed by atoms with Gasteiger partial charge in [-0.15, -0.1) is 0 Å². The molecule has 2 rings (SSSR count). The lowest BCUT2D eigenvalue weighted by Crippen LogP contribution is -2.24. The minimum absolute atomic E-state index is 0.0123. The van der Waals surface area contributed by atoms with E-state index in [-0.39, 0.29) is 11.6 Å². The van der Waals surface area contributed by atoms with E-state index in [9.17, 15) is 14.9 Å². The summed E-state index contributed by atoms with van der Waals surface area (Å²) in [7, 11) is 1.67. The molecule has 0 radical (unpaired) electrons. The van der Waals surface area contributed by atoms with Gasteiger partial charge < -0.3 is 0 Å². The Labute approximate surface area is 108 Å². The number of aliphatic imine (C=N–C) groups is 1. The molecule has 1 fully saturated rings. The molecule has 1 amide bonds. The van der Waals surface area contributed by atoms with Crippen LogP contribution >= 0.6 is 11.8 Å². The molecule has 1 heterocycles. The Morgan fingerprint density at radius 2 is 2.22 bits per heavy atom. The minimum Gasteiger partial charge on any atom is -0.294 e. The van der Waals surface area contributed by atoms with Crippen molar-refractivity contribution in [3.05, 3.63) is 33.9 Å². The zero-order valence-corrected chi connectivity index (χ0v) is 10.7. The molecular weight excluding hydrogens is 254 g/mol. The van der Waals surface area contributed by atoms with Gasteiger partial charge in [-0.25, -0.2) is 4.99 Å². The fourth-order valence-corrected chi connectivity index (χ4v) is 2.42. The lowest BCUT2D eigenvalue weighted by Gasteiger charge is -2.08. The number of amides is 1. The average Bonchev–Trinajstić information content (AvgIpc) is 2.63. The van der Waals surface area contributed by atoms with Crippen LogP contribution in [0.5, 0.6) is 0 Å². The lowest BCUT2D eigenvalue weighted by atomic mass is 10.2. The molecule has 0 atom stereocenters. The second kappa shape index (κ2) is 4.77. The molecule has 94 valence electrons. The summed E-state index contributed by atoms with van der Waals surface area (Å²) in [6, 6.07) is 4.48. The van der Waals surface area contributed by atoms with Crippen LogP contribution in [0.25, 0.3) is 0 Å². The maximum Gasteiger partial charge on any atom is 0.269 e. The van der Waals surface area contributed by atoms with Crippen LogP contribution in [0.4, 0.5) is 11.4 Å². The third-order valence-electron chi connectivity index (χ3n) is 2.59. The molecule has 1 aliphatic heterocycles. The first kappa shape index (κ1) is 12.6. The molecule has 0 unspecified atom stereocenters. The van der Waals surface area contributed by atoms with Gasteiger partial charge in [0.05, 0.1) is 16.4 Å². The molecular formula is C11H11N3O3S. The van der Waals surface area contributed by atoms with Crippen molar-refractivity contribution in [1.82, 2.24) is 4.90 Å². The van der Waals surface area contributed by atoms with Crippen LogP contribution in [0.15, 0.2) is 23.2 Å². The van der Waals surface area contributed by atoms with Gasteiger partial charge in [0.2, 0.25) is 5.91 Å². The predicted molar refractivity (Wildman–Crippen MR) is 70.2 cm³/mol. The molecule has 0 saturated carbocycles. The molecule has 6 nitrogen and oxygen atoms in total. The van der Waals surface area contributed by atoms with Crippen molar-refractivity contribution in [3.8, 4) is 0 Å². The third-order valence-corrected chi connectivity index (χ3v) is 3.61. The van der Waals surface area contributed by atoms with E-state index in [1.807, 2.05) is 0 Å². The molecule has 0 spiro atoms. The fraction of sp³-hybridized carbons (Fsp3) is 0.273. The third kappa shape index (κ3) is 2.35. The van der Waals surface area contributed by atoms with Gasteiger partial charge in [0, 0.05) is 19.2 Å². The zero-order chi connectivity index (χ0) is 13.3. The van der Waals surface area contributed by atoms with Crippen LogP contribution in [0.3, 0.4) is 0 Å². The normalized spacial score (nSPS) is 17.6. The number of benzene rings is 1. The molecule has 1 aliphatic rings. The van der Waals surface area contributed by atoms with Gasteiger partial charge in [-0.1, -0.05) is 11.8 Å². The second-order valence-electron chi connectivity index (χ2n) is 3.86. The second-order valence-corrected chi connectivity index (χ2v) is 4.81. The Morgan fingerprint density at radius 3 is 2.72 bits per heavy atom. The first-order valence-electron chi connectivity index (χ1n) is 5.22. The van der Waals surface area contributed by atoms with Gasteiger partial charge in [0.25, 0.3) is 5.69 Å². The number of carbonyl (C=O) groups excluding carboxylic acids is 1.